The van der Waals surface area contributed by atoms with Gasteiger partial charge in [0.1, 0.15) is 0 Å². The van der Waals surface area contributed by atoms with Crippen molar-refractivity contribution in [1.29, 1.82) is 0 Å². The van der Waals surface area contributed by atoms with Crippen LogP contribution in [0.2, 0.25) is 0 Å². The van der Waals surface area contributed by atoms with E-state index < -0.39 is 0 Å². The maximum Gasteiger partial charge on any atom is 0.185 e. The molecule has 0 bridgehead atoms. The molecule has 0 aliphatic carbocycles. The Labute approximate surface area is 85.5 Å². The maximum absolute atomic E-state index is 11.5. The first-order valence-corrected chi connectivity index (χ1v) is 5.04. The Morgan fingerprint density at radius 3 is 2.86 bits per heavy atom. The highest BCUT2D eigenvalue weighted by Gasteiger charge is 2.01. The summed E-state index contributed by atoms with van der Waals surface area (Å²) >= 11 is 0. The molecule has 0 saturated heterocycles. The van der Waals surface area contributed by atoms with E-state index in [1.165, 1.54) is 5.56 Å². The summed E-state index contributed by atoms with van der Waals surface area (Å²) in [5.74, 6) is 0.0884. The average molecular weight is 188 g/mol. The van der Waals surface area contributed by atoms with E-state index in [0.29, 0.717) is 0 Å². The molecule has 1 heteroatoms. The normalized spacial score (nSPS) is 10.7. The molecule has 74 valence electrons. The largest absolute Gasteiger partial charge is 0.289 e. The fourth-order valence-corrected chi connectivity index (χ4v) is 1.42. The van der Waals surface area contributed by atoms with Gasteiger partial charge in [-0.2, -0.15) is 0 Å². The number of benzene rings is 1. The summed E-state index contributed by atoms with van der Waals surface area (Å²) in [5, 5.41) is 0. The van der Waals surface area contributed by atoms with Gasteiger partial charge in [-0.1, -0.05) is 37.6 Å². The van der Waals surface area contributed by atoms with Gasteiger partial charge in [0, 0.05) is 5.56 Å². The number of allylic oxidation sites excluding steroid dienone is 2. The molecule has 0 aliphatic heterocycles. The average Bonchev–Trinajstić information content (AvgIpc) is 2.19. The molecule has 0 amide bonds. The van der Waals surface area contributed by atoms with Crippen LogP contribution in [0.4, 0.5) is 0 Å². The molecule has 1 aromatic carbocycles. The van der Waals surface area contributed by atoms with Crippen LogP contribution in [0.1, 0.15) is 36.2 Å². The fraction of sp³-hybridized carbons (Fsp3) is 0.308. The first-order chi connectivity index (χ1) is 6.77. The number of ketones is 1. The van der Waals surface area contributed by atoms with Crippen LogP contribution in [0.5, 0.6) is 0 Å². The Kier molecular flexibility index (Phi) is 4.11. The number of hydrogen-bond donors (Lipinski definition) is 0. The molecule has 0 saturated carbocycles. The lowest BCUT2D eigenvalue weighted by molar-refractivity contribution is 0.104. The number of rotatable bonds is 4. The standard InChI is InChI=1S/C13H16O/c1-3-6-11-8-5-9-12(10-11)13(14)7-4-2/h4-5,7-10H,3,6H2,1-2H3/b7-4+. The highest BCUT2D eigenvalue weighted by atomic mass is 16.1. The van der Waals surface area contributed by atoms with Gasteiger partial charge in [-0.15, -0.1) is 0 Å². The van der Waals surface area contributed by atoms with Gasteiger partial charge in [0.15, 0.2) is 5.78 Å². The minimum Gasteiger partial charge on any atom is -0.289 e. The van der Waals surface area contributed by atoms with Crippen LogP contribution in [-0.2, 0) is 6.42 Å². The highest BCUT2D eigenvalue weighted by Crippen LogP contribution is 2.08. The lowest BCUT2D eigenvalue weighted by Gasteiger charge is -2.00. The van der Waals surface area contributed by atoms with Crippen LogP contribution >= 0.6 is 0 Å². The second-order valence-electron chi connectivity index (χ2n) is 3.31. The van der Waals surface area contributed by atoms with Crippen molar-refractivity contribution in [3.8, 4) is 0 Å². The van der Waals surface area contributed by atoms with E-state index in [9.17, 15) is 4.79 Å². The molecule has 0 N–H and O–H groups in total. The van der Waals surface area contributed by atoms with Gasteiger partial charge in [-0.05, 0) is 31.1 Å². The highest BCUT2D eigenvalue weighted by molar-refractivity contribution is 6.04. The van der Waals surface area contributed by atoms with Crippen molar-refractivity contribution in [2.24, 2.45) is 0 Å². The maximum atomic E-state index is 11.5. The van der Waals surface area contributed by atoms with Gasteiger partial charge in [-0.3, -0.25) is 4.79 Å². The zero-order valence-electron chi connectivity index (χ0n) is 8.79. The van der Waals surface area contributed by atoms with Crippen LogP contribution in [0.25, 0.3) is 0 Å². The van der Waals surface area contributed by atoms with Crippen LogP contribution in [0, 0.1) is 0 Å². The van der Waals surface area contributed by atoms with Crippen molar-refractivity contribution in [2.75, 3.05) is 0 Å². The molecule has 0 atom stereocenters. The quantitative estimate of drug-likeness (QED) is 0.523. The van der Waals surface area contributed by atoms with Crippen molar-refractivity contribution in [1.82, 2.24) is 0 Å². The lowest BCUT2D eigenvalue weighted by atomic mass is 10.0. The van der Waals surface area contributed by atoms with Crippen LogP contribution in [0.3, 0.4) is 0 Å². The summed E-state index contributed by atoms with van der Waals surface area (Å²) in [4.78, 5) is 11.5. The molecule has 0 radical (unpaired) electrons. The van der Waals surface area contributed by atoms with Crippen molar-refractivity contribution >= 4 is 5.78 Å². The molecule has 0 heterocycles. The van der Waals surface area contributed by atoms with Gasteiger partial charge in [0.25, 0.3) is 0 Å². The van der Waals surface area contributed by atoms with E-state index in [-0.39, 0.29) is 5.78 Å². The van der Waals surface area contributed by atoms with E-state index >= 15 is 0 Å². The Balaban J connectivity index is 2.87. The zero-order chi connectivity index (χ0) is 10.4. The zero-order valence-corrected chi connectivity index (χ0v) is 8.79. The summed E-state index contributed by atoms with van der Waals surface area (Å²) < 4.78 is 0. The van der Waals surface area contributed by atoms with E-state index in [4.69, 9.17) is 0 Å². The Hall–Kier alpha value is -1.37. The van der Waals surface area contributed by atoms with E-state index in [2.05, 4.69) is 13.0 Å². The number of carbonyl (C=O) groups excluding carboxylic acids is 1. The van der Waals surface area contributed by atoms with Gasteiger partial charge < -0.3 is 0 Å². The number of aryl methyl sites for hydroxylation is 1. The molecule has 1 rings (SSSR count). The van der Waals surface area contributed by atoms with Crippen molar-refractivity contribution in [2.45, 2.75) is 26.7 Å². The van der Waals surface area contributed by atoms with Crippen molar-refractivity contribution in [3.05, 3.63) is 47.5 Å². The first-order valence-electron chi connectivity index (χ1n) is 5.04. The third-order valence-corrected chi connectivity index (χ3v) is 2.07. The SMILES string of the molecule is C/C=C/C(=O)c1cccc(CCC)c1. The van der Waals surface area contributed by atoms with Crippen LogP contribution in [0.15, 0.2) is 36.4 Å². The van der Waals surface area contributed by atoms with Gasteiger partial charge in [0.05, 0.1) is 0 Å². The topological polar surface area (TPSA) is 17.1 Å². The molecule has 0 aromatic heterocycles. The molecule has 14 heavy (non-hydrogen) atoms. The predicted octanol–water partition coefficient (Wildman–Crippen LogP) is 3.40. The van der Waals surface area contributed by atoms with E-state index in [0.717, 1.165) is 18.4 Å². The molecule has 1 nitrogen and oxygen atoms in total. The molecule has 1 aromatic rings. The third-order valence-electron chi connectivity index (χ3n) is 2.07. The van der Waals surface area contributed by atoms with Crippen LogP contribution < -0.4 is 0 Å². The smallest absolute Gasteiger partial charge is 0.185 e. The second kappa shape index (κ2) is 5.38. The Bertz CT molecular complexity index is 337. The minimum atomic E-state index is 0.0884. The van der Waals surface area contributed by atoms with Gasteiger partial charge in [-0.25, -0.2) is 0 Å². The molecule has 0 unspecified atom stereocenters. The van der Waals surface area contributed by atoms with Crippen molar-refractivity contribution < 1.29 is 4.79 Å². The van der Waals surface area contributed by atoms with Gasteiger partial charge >= 0.3 is 0 Å². The minimum absolute atomic E-state index is 0.0884. The predicted molar refractivity (Wildman–Crippen MR) is 59.6 cm³/mol. The summed E-state index contributed by atoms with van der Waals surface area (Å²) in [5.41, 5.74) is 2.02. The Morgan fingerprint density at radius 2 is 2.21 bits per heavy atom. The van der Waals surface area contributed by atoms with E-state index in [1.807, 2.05) is 25.1 Å². The Morgan fingerprint density at radius 1 is 1.43 bits per heavy atom. The van der Waals surface area contributed by atoms with Crippen LogP contribution in [-0.4, -0.2) is 5.78 Å². The summed E-state index contributed by atoms with van der Waals surface area (Å²) in [6.07, 6.45) is 5.53. The molecular formula is C13H16O. The number of hydrogen-bond acceptors (Lipinski definition) is 1. The second-order valence-corrected chi connectivity index (χ2v) is 3.31. The summed E-state index contributed by atoms with van der Waals surface area (Å²) in [6.45, 7) is 3.99. The number of carbonyl (C=O) groups is 1. The molecular weight excluding hydrogens is 172 g/mol. The molecule has 0 aliphatic rings. The van der Waals surface area contributed by atoms with E-state index in [1.54, 1.807) is 12.2 Å². The monoisotopic (exact) mass is 188 g/mol. The first kappa shape index (κ1) is 10.7. The fourth-order valence-electron chi connectivity index (χ4n) is 1.42. The third kappa shape index (κ3) is 2.84. The lowest BCUT2D eigenvalue weighted by Crippen LogP contribution is -1.95. The molecule has 0 spiro atoms. The van der Waals surface area contributed by atoms with Crippen molar-refractivity contribution in [3.63, 3.8) is 0 Å². The summed E-state index contributed by atoms with van der Waals surface area (Å²) in [6, 6.07) is 7.85. The van der Waals surface area contributed by atoms with Gasteiger partial charge in [0.2, 0.25) is 0 Å². The molecule has 0 fully saturated rings. The summed E-state index contributed by atoms with van der Waals surface area (Å²) in [7, 11) is 0.